The molecule has 0 saturated heterocycles. The summed E-state index contributed by atoms with van der Waals surface area (Å²) in [7, 11) is 0.104. The van der Waals surface area contributed by atoms with Gasteiger partial charge in [0.15, 0.2) is 0 Å². The minimum absolute atomic E-state index is 0. The Labute approximate surface area is 79.3 Å². The predicted octanol–water partition coefficient (Wildman–Crippen LogP) is 2.05. The average molecular weight is 335 g/mol. The van der Waals surface area contributed by atoms with Crippen molar-refractivity contribution in [3.05, 3.63) is 30.3 Å². The van der Waals surface area contributed by atoms with E-state index in [1.807, 2.05) is 0 Å². The van der Waals surface area contributed by atoms with E-state index in [9.17, 15) is 0 Å². The Morgan fingerprint density at radius 3 is 1.80 bits per heavy atom. The molecule has 1 radical (unpaired) electrons. The van der Waals surface area contributed by atoms with Gasteiger partial charge in [0, 0.05) is 22.4 Å². The van der Waals surface area contributed by atoms with E-state index >= 15 is 0 Å². The molecular weight excluding hydrogens is 324 g/mol. The molecule has 1 aromatic rings. The van der Waals surface area contributed by atoms with Crippen LogP contribution < -0.4 is 5.30 Å². The Morgan fingerprint density at radius 2 is 1.50 bits per heavy atom. The molecule has 1 rings (SSSR count). The molecule has 0 nitrogen and oxygen atoms in total. The van der Waals surface area contributed by atoms with Crippen molar-refractivity contribution in [2.24, 2.45) is 0 Å². The van der Waals surface area contributed by atoms with Gasteiger partial charge in [0.05, 0.1) is 0 Å². The van der Waals surface area contributed by atoms with Crippen molar-refractivity contribution in [3.8, 4) is 0 Å². The smallest absolute Gasteiger partial charge is 0 e. The molecule has 0 bridgehead atoms. The third kappa shape index (κ3) is 2.98. The number of rotatable bonds is 1. The van der Waals surface area contributed by atoms with Crippen LogP contribution >= 0.6 is 7.92 Å². The topological polar surface area (TPSA) is 0 Å². The zero-order chi connectivity index (χ0) is 6.69. The van der Waals surface area contributed by atoms with Gasteiger partial charge in [-0.05, 0) is 18.6 Å². The van der Waals surface area contributed by atoms with Crippen LogP contribution in [0.15, 0.2) is 30.3 Å². The molecule has 0 spiro atoms. The Bertz CT molecular complexity index is 172. The van der Waals surface area contributed by atoms with E-state index in [1.165, 1.54) is 5.30 Å². The molecule has 0 aliphatic heterocycles. The Kier molecular flexibility index (Phi) is 5.29. The van der Waals surface area contributed by atoms with Crippen LogP contribution in [-0.4, -0.2) is 13.3 Å². The van der Waals surface area contributed by atoms with Crippen molar-refractivity contribution in [1.82, 2.24) is 0 Å². The van der Waals surface area contributed by atoms with Gasteiger partial charge in [-0.2, -0.15) is 0 Å². The molecule has 59 valence electrons. The summed E-state index contributed by atoms with van der Waals surface area (Å²) in [6, 6.07) is 10.6. The molecule has 10 heavy (non-hydrogen) atoms. The van der Waals surface area contributed by atoms with Crippen LogP contribution in [0.5, 0.6) is 0 Å². The molecule has 0 fully saturated rings. The molecule has 0 aliphatic carbocycles. The van der Waals surface area contributed by atoms with E-state index in [0.29, 0.717) is 0 Å². The first kappa shape index (κ1) is 10.4. The Morgan fingerprint density at radius 1 is 1.00 bits per heavy atom. The maximum atomic E-state index is 2.27. The molecule has 0 atom stereocenters. The van der Waals surface area contributed by atoms with Crippen molar-refractivity contribution in [3.63, 3.8) is 0 Å². The Hall–Kier alpha value is 0.390. The second-order valence-corrected chi connectivity index (χ2v) is 4.54. The van der Waals surface area contributed by atoms with Gasteiger partial charge in [-0.1, -0.05) is 38.3 Å². The second-order valence-electron chi connectivity index (χ2n) is 2.23. The van der Waals surface area contributed by atoms with Crippen LogP contribution in [0.3, 0.4) is 0 Å². The first-order chi connectivity index (χ1) is 4.30. The molecular formula is C8H11AuP. The summed E-state index contributed by atoms with van der Waals surface area (Å²) < 4.78 is 0. The second kappa shape index (κ2) is 5.10. The van der Waals surface area contributed by atoms with Gasteiger partial charge in [-0.15, -0.1) is 0 Å². The number of hydrogen-bond acceptors (Lipinski definition) is 0. The minimum Gasteiger partial charge on any atom is -0.0817 e. The SMILES string of the molecule is CP(C)c1ccccc1.[Au]. The summed E-state index contributed by atoms with van der Waals surface area (Å²) in [6.07, 6.45) is 0. The van der Waals surface area contributed by atoms with Crippen LogP contribution in [0.2, 0.25) is 0 Å². The maximum Gasteiger partial charge on any atom is 0 e. The van der Waals surface area contributed by atoms with E-state index in [4.69, 9.17) is 0 Å². The average Bonchev–Trinajstić information content (AvgIpc) is 1.90. The molecule has 0 heterocycles. The standard InChI is InChI=1S/C8H11P.Au/c1-9(2)8-6-4-3-5-7-8;/h3-7H,1-2H3;. The zero-order valence-electron chi connectivity index (χ0n) is 6.14. The molecule has 1 aromatic carbocycles. The summed E-state index contributed by atoms with van der Waals surface area (Å²) in [5.41, 5.74) is 0. The van der Waals surface area contributed by atoms with Gasteiger partial charge in [0.25, 0.3) is 0 Å². The largest absolute Gasteiger partial charge is 0.0817 e. The van der Waals surface area contributed by atoms with Gasteiger partial charge in [-0.25, -0.2) is 0 Å². The van der Waals surface area contributed by atoms with Gasteiger partial charge >= 0.3 is 0 Å². The van der Waals surface area contributed by atoms with E-state index in [0.717, 1.165) is 0 Å². The summed E-state index contributed by atoms with van der Waals surface area (Å²) in [5, 5.41) is 1.48. The van der Waals surface area contributed by atoms with Gasteiger partial charge < -0.3 is 0 Å². The third-order valence-electron chi connectivity index (χ3n) is 1.27. The van der Waals surface area contributed by atoms with E-state index in [1.54, 1.807) is 0 Å². The van der Waals surface area contributed by atoms with E-state index in [-0.39, 0.29) is 30.3 Å². The molecule has 0 amide bonds. The predicted molar refractivity (Wildman–Crippen MR) is 44.8 cm³/mol. The van der Waals surface area contributed by atoms with Crippen molar-refractivity contribution < 1.29 is 22.4 Å². The van der Waals surface area contributed by atoms with Crippen LogP contribution in [0.25, 0.3) is 0 Å². The fraction of sp³-hybridized carbons (Fsp3) is 0.250. The molecule has 0 aliphatic rings. The van der Waals surface area contributed by atoms with Crippen LogP contribution in [0.1, 0.15) is 0 Å². The normalized spacial score (nSPS) is 9.10. The quantitative estimate of drug-likeness (QED) is 0.544. The van der Waals surface area contributed by atoms with Gasteiger partial charge in [0.2, 0.25) is 0 Å². The van der Waals surface area contributed by atoms with Crippen molar-refractivity contribution in [2.45, 2.75) is 0 Å². The molecule has 2 heteroatoms. The fourth-order valence-electron chi connectivity index (χ4n) is 0.726. The summed E-state index contributed by atoms with van der Waals surface area (Å²) in [5.74, 6) is 0. The van der Waals surface area contributed by atoms with E-state index in [2.05, 4.69) is 43.7 Å². The number of hydrogen-bond donors (Lipinski definition) is 0. The van der Waals surface area contributed by atoms with Gasteiger partial charge in [-0.3, -0.25) is 0 Å². The summed E-state index contributed by atoms with van der Waals surface area (Å²) >= 11 is 0. The van der Waals surface area contributed by atoms with Crippen molar-refractivity contribution in [2.75, 3.05) is 13.3 Å². The third-order valence-corrected chi connectivity index (χ3v) is 2.60. The van der Waals surface area contributed by atoms with E-state index < -0.39 is 0 Å². The molecule has 0 unspecified atom stereocenters. The van der Waals surface area contributed by atoms with Crippen LogP contribution in [0.4, 0.5) is 0 Å². The molecule has 0 N–H and O–H groups in total. The number of benzene rings is 1. The zero-order valence-corrected chi connectivity index (χ0v) is 9.20. The molecule has 0 saturated carbocycles. The maximum absolute atomic E-state index is 2.27. The van der Waals surface area contributed by atoms with Crippen LogP contribution in [-0.2, 0) is 22.4 Å². The monoisotopic (exact) mass is 335 g/mol. The Balaban J connectivity index is 0.000000810. The van der Waals surface area contributed by atoms with Gasteiger partial charge in [0.1, 0.15) is 0 Å². The van der Waals surface area contributed by atoms with Crippen molar-refractivity contribution in [1.29, 1.82) is 0 Å². The molecule has 0 aromatic heterocycles. The van der Waals surface area contributed by atoms with Crippen LogP contribution in [0, 0.1) is 0 Å². The first-order valence-electron chi connectivity index (χ1n) is 3.03. The summed E-state index contributed by atoms with van der Waals surface area (Å²) in [4.78, 5) is 0. The first-order valence-corrected chi connectivity index (χ1v) is 5.26. The van der Waals surface area contributed by atoms with Crippen molar-refractivity contribution >= 4 is 13.2 Å². The minimum atomic E-state index is 0. The summed E-state index contributed by atoms with van der Waals surface area (Å²) in [6.45, 7) is 4.54. The fourth-order valence-corrected chi connectivity index (χ4v) is 1.49.